The largest absolute Gasteiger partial charge is 0.339 e. The molecule has 0 N–H and O–H groups in total. The predicted octanol–water partition coefficient (Wildman–Crippen LogP) is 2.97. The molecule has 26 heavy (non-hydrogen) atoms. The Morgan fingerprint density at radius 2 is 1.65 bits per heavy atom. The molecule has 1 fully saturated rings. The van der Waals surface area contributed by atoms with Gasteiger partial charge in [-0.2, -0.15) is 0 Å². The van der Waals surface area contributed by atoms with Gasteiger partial charge in [0.1, 0.15) is 5.82 Å². The topological polar surface area (TPSA) is 40.6 Å². The van der Waals surface area contributed by atoms with Crippen LogP contribution in [0.3, 0.4) is 0 Å². The van der Waals surface area contributed by atoms with Crippen LogP contribution in [0.4, 0.5) is 4.39 Å². The molecule has 5 heteroatoms. The Morgan fingerprint density at radius 3 is 2.35 bits per heavy atom. The molecule has 136 valence electrons. The summed E-state index contributed by atoms with van der Waals surface area (Å²) < 4.78 is 13.3. The van der Waals surface area contributed by atoms with Crippen molar-refractivity contribution in [2.24, 2.45) is 0 Å². The Kier molecular flexibility index (Phi) is 5.35. The van der Waals surface area contributed by atoms with E-state index in [4.69, 9.17) is 0 Å². The molecule has 4 nitrogen and oxygen atoms in total. The van der Waals surface area contributed by atoms with Gasteiger partial charge in [-0.1, -0.05) is 29.8 Å². The van der Waals surface area contributed by atoms with Crippen LogP contribution in [0.2, 0.25) is 0 Å². The third-order valence-corrected chi connectivity index (χ3v) is 4.84. The van der Waals surface area contributed by atoms with E-state index in [9.17, 15) is 14.0 Å². The van der Waals surface area contributed by atoms with Crippen molar-refractivity contribution in [3.63, 3.8) is 0 Å². The fourth-order valence-corrected chi connectivity index (χ4v) is 3.23. The van der Waals surface area contributed by atoms with Gasteiger partial charge in [-0.25, -0.2) is 4.39 Å². The average Bonchev–Trinajstić information content (AvgIpc) is 2.64. The number of amides is 2. The summed E-state index contributed by atoms with van der Waals surface area (Å²) in [5.41, 5.74) is 3.65. The number of aryl methyl sites for hydroxylation is 2. The van der Waals surface area contributed by atoms with Crippen LogP contribution in [0, 0.1) is 19.7 Å². The molecular weight excluding hydrogens is 331 g/mol. The number of piperazine rings is 1. The Balaban J connectivity index is 1.58. The number of carbonyl (C=O) groups excluding carboxylic acids is 2. The highest BCUT2D eigenvalue weighted by molar-refractivity contribution is 5.94. The van der Waals surface area contributed by atoms with E-state index in [1.807, 2.05) is 26.0 Å². The van der Waals surface area contributed by atoms with Crippen molar-refractivity contribution >= 4 is 11.8 Å². The molecule has 3 rings (SSSR count). The lowest BCUT2D eigenvalue weighted by Gasteiger charge is -2.35. The molecule has 0 aliphatic carbocycles. The average molecular weight is 354 g/mol. The van der Waals surface area contributed by atoms with Crippen LogP contribution in [0.15, 0.2) is 42.5 Å². The molecule has 1 saturated heterocycles. The van der Waals surface area contributed by atoms with E-state index in [2.05, 4.69) is 6.07 Å². The van der Waals surface area contributed by atoms with Crippen molar-refractivity contribution in [2.45, 2.75) is 20.3 Å². The summed E-state index contributed by atoms with van der Waals surface area (Å²) in [5.74, 6) is -0.527. The second-order valence-corrected chi connectivity index (χ2v) is 6.79. The zero-order valence-electron chi connectivity index (χ0n) is 15.2. The summed E-state index contributed by atoms with van der Waals surface area (Å²) in [6.07, 6.45) is 0.380. The molecule has 0 spiro atoms. The minimum absolute atomic E-state index is 0.0801. The first-order valence-corrected chi connectivity index (χ1v) is 8.83. The third kappa shape index (κ3) is 4.10. The summed E-state index contributed by atoms with van der Waals surface area (Å²) in [6, 6.07) is 11.8. The SMILES string of the molecule is Cc1ccc(C)c(CC(=O)N2CCN(C(=O)c3cccc(F)c3)CC2)c1. The van der Waals surface area contributed by atoms with Gasteiger partial charge >= 0.3 is 0 Å². The molecule has 0 unspecified atom stereocenters. The smallest absolute Gasteiger partial charge is 0.254 e. The molecule has 0 atom stereocenters. The van der Waals surface area contributed by atoms with Gasteiger partial charge in [0.05, 0.1) is 6.42 Å². The summed E-state index contributed by atoms with van der Waals surface area (Å²) in [5, 5.41) is 0. The number of hydrogen-bond acceptors (Lipinski definition) is 2. The van der Waals surface area contributed by atoms with E-state index in [1.54, 1.807) is 15.9 Å². The zero-order chi connectivity index (χ0) is 18.7. The van der Waals surface area contributed by atoms with Crippen molar-refractivity contribution in [1.82, 2.24) is 9.80 Å². The van der Waals surface area contributed by atoms with E-state index in [0.29, 0.717) is 38.2 Å². The van der Waals surface area contributed by atoms with Crippen LogP contribution in [0.5, 0.6) is 0 Å². The van der Waals surface area contributed by atoms with E-state index in [0.717, 1.165) is 16.7 Å². The van der Waals surface area contributed by atoms with E-state index < -0.39 is 5.82 Å². The maximum Gasteiger partial charge on any atom is 0.254 e. The Morgan fingerprint density at radius 1 is 0.962 bits per heavy atom. The van der Waals surface area contributed by atoms with Gasteiger partial charge in [0.25, 0.3) is 5.91 Å². The van der Waals surface area contributed by atoms with Crippen LogP contribution < -0.4 is 0 Å². The maximum absolute atomic E-state index is 13.3. The molecule has 1 aliphatic heterocycles. The third-order valence-electron chi connectivity index (χ3n) is 4.84. The fourth-order valence-electron chi connectivity index (χ4n) is 3.23. The first-order valence-electron chi connectivity index (χ1n) is 8.83. The first kappa shape index (κ1) is 18.1. The minimum atomic E-state index is -0.418. The molecule has 1 aliphatic rings. The molecule has 2 amide bonds. The predicted molar refractivity (Wildman–Crippen MR) is 98.5 cm³/mol. The number of hydrogen-bond donors (Lipinski definition) is 0. The van der Waals surface area contributed by atoms with Crippen molar-refractivity contribution in [2.75, 3.05) is 26.2 Å². The molecule has 0 aromatic heterocycles. The van der Waals surface area contributed by atoms with Crippen molar-refractivity contribution in [3.05, 3.63) is 70.5 Å². The van der Waals surface area contributed by atoms with Gasteiger partial charge < -0.3 is 9.80 Å². The lowest BCUT2D eigenvalue weighted by molar-refractivity contribution is -0.131. The highest BCUT2D eigenvalue weighted by Crippen LogP contribution is 2.15. The van der Waals surface area contributed by atoms with Crippen LogP contribution in [-0.2, 0) is 11.2 Å². The van der Waals surface area contributed by atoms with Crippen molar-refractivity contribution in [3.8, 4) is 0 Å². The lowest BCUT2D eigenvalue weighted by atomic mass is 10.0. The highest BCUT2D eigenvalue weighted by Gasteiger charge is 2.25. The van der Waals surface area contributed by atoms with Gasteiger partial charge in [0.2, 0.25) is 5.91 Å². The second-order valence-electron chi connectivity index (χ2n) is 6.79. The standard InChI is InChI=1S/C21H23FN2O2/c1-15-6-7-16(2)18(12-15)14-20(25)23-8-10-24(11-9-23)21(26)17-4-3-5-19(22)13-17/h3-7,12-13H,8-11,14H2,1-2H3. The number of nitrogens with zero attached hydrogens (tertiary/aromatic N) is 2. The van der Waals surface area contributed by atoms with Crippen LogP contribution in [0.1, 0.15) is 27.0 Å². The molecule has 1 heterocycles. The summed E-state index contributed by atoms with van der Waals surface area (Å²) >= 11 is 0. The number of rotatable bonds is 3. The summed E-state index contributed by atoms with van der Waals surface area (Å²) in [4.78, 5) is 28.5. The van der Waals surface area contributed by atoms with Crippen LogP contribution >= 0.6 is 0 Å². The zero-order valence-corrected chi connectivity index (χ0v) is 15.2. The van der Waals surface area contributed by atoms with E-state index >= 15 is 0 Å². The number of halogens is 1. The van der Waals surface area contributed by atoms with Gasteiger partial charge in [-0.15, -0.1) is 0 Å². The molecule has 0 bridgehead atoms. The summed E-state index contributed by atoms with van der Waals surface area (Å²) in [7, 11) is 0. The van der Waals surface area contributed by atoms with Gasteiger partial charge in [0, 0.05) is 31.7 Å². The van der Waals surface area contributed by atoms with Crippen LogP contribution in [0.25, 0.3) is 0 Å². The van der Waals surface area contributed by atoms with Gasteiger partial charge in [-0.3, -0.25) is 9.59 Å². The Labute approximate surface area is 153 Å². The monoisotopic (exact) mass is 354 g/mol. The van der Waals surface area contributed by atoms with Gasteiger partial charge in [-0.05, 0) is 43.2 Å². The molecule has 2 aromatic rings. The Bertz CT molecular complexity index is 827. The highest BCUT2D eigenvalue weighted by atomic mass is 19.1. The van der Waals surface area contributed by atoms with Gasteiger partial charge in [0.15, 0.2) is 0 Å². The molecule has 0 saturated carbocycles. The van der Waals surface area contributed by atoms with Crippen LogP contribution in [-0.4, -0.2) is 47.8 Å². The first-order chi connectivity index (χ1) is 12.4. The van der Waals surface area contributed by atoms with E-state index in [-0.39, 0.29) is 11.8 Å². The Hall–Kier alpha value is -2.69. The second kappa shape index (κ2) is 7.68. The van der Waals surface area contributed by atoms with Crippen molar-refractivity contribution in [1.29, 1.82) is 0 Å². The maximum atomic E-state index is 13.3. The minimum Gasteiger partial charge on any atom is -0.339 e. The normalized spacial score (nSPS) is 14.4. The number of benzene rings is 2. The fraction of sp³-hybridized carbons (Fsp3) is 0.333. The van der Waals surface area contributed by atoms with Crippen molar-refractivity contribution < 1.29 is 14.0 Å². The lowest BCUT2D eigenvalue weighted by Crippen LogP contribution is -2.51. The molecular formula is C21H23FN2O2. The quantitative estimate of drug-likeness (QED) is 0.850. The number of carbonyl (C=O) groups is 2. The molecule has 0 radical (unpaired) electrons. The summed E-state index contributed by atoms with van der Waals surface area (Å²) in [6.45, 7) is 5.97. The van der Waals surface area contributed by atoms with E-state index in [1.165, 1.54) is 18.2 Å². The molecule has 2 aromatic carbocycles.